The molecule has 1 aromatic heterocycles. The van der Waals surface area contributed by atoms with E-state index in [4.69, 9.17) is 5.26 Å². The molecule has 0 saturated heterocycles. The minimum Gasteiger partial charge on any atom is -0.292 e. The summed E-state index contributed by atoms with van der Waals surface area (Å²) < 4.78 is 37.4. The number of alkyl halides is 3. The van der Waals surface area contributed by atoms with Crippen LogP contribution in [-0.4, -0.2) is 10.8 Å². The van der Waals surface area contributed by atoms with Crippen molar-refractivity contribution in [1.82, 2.24) is 4.98 Å². The van der Waals surface area contributed by atoms with Crippen molar-refractivity contribution >= 4 is 5.78 Å². The first-order valence-electron chi connectivity index (χ1n) is 5.94. The molecule has 0 aliphatic heterocycles. The van der Waals surface area contributed by atoms with Gasteiger partial charge >= 0.3 is 6.18 Å². The van der Waals surface area contributed by atoms with Crippen LogP contribution in [0.2, 0.25) is 0 Å². The molecular weight excluding hydrogens is 281 g/mol. The molecule has 0 N–H and O–H groups in total. The molecule has 3 nitrogen and oxygen atoms in total. The second-order valence-electron chi connectivity index (χ2n) is 4.28. The van der Waals surface area contributed by atoms with E-state index in [1.165, 1.54) is 24.5 Å². The third kappa shape index (κ3) is 3.26. The number of nitriles is 1. The van der Waals surface area contributed by atoms with Crippen LogP contribution in [0, 0.1) is 11.3 Å². The topological polar surface area (TPSA) is 53.8 Å². The van der Waals surface area contributed by atoms with Crippen LogP contribution in [0.15, 0.2) is 48.8 Å². The van der Waals surface area contributed by atoms with Crippen LogP contribution in [0.5, 0.6) is 0 Å². The number of pyridine rings is 1. The van der Waals surface area contributed by atoms with Crippen LogP contribution in [0.1, 0.15) is 27.4 Å². The van der Waals surface area contributed by atoms with Gasteiger partial charge in [0.2, 0.25) is 0 Å². The van der Waals surface area contributed by atoms with Gasteiger partial charge in [-0.2, -0.15) is 18.4 Å². The van der Waals surface area contributed by atoms with Gasteiger partial charge < -0.3 is 0 Å². The lowest BCUT2D eigenvalue weighted by Crippen LogP contribution is -2.12. The minimum absolute atomic E-state index is 0.0614. The highest BCUT2D eigenvalue weighted by Gasteiger charge is 2.30. The summed E-state index contributed by atoms with van der Waals surface area (Å²) in [5.41, 5.74) is -0.319. The average molecular weight is 290 g/mol. The molecule has 0 fully saturated rings. The SMILES string of the molecule is N#CC(C(=O)c1ccc(C(F)(F)F)cc1)c1ccncc1. The van der Waals surface area contributed by atoms with E-state index in [9.17, 15) is 18.0 Å². The number of ketones is 1. The van der Waals surface area contributed by atoms with Crippen LogP contribution >= 0.6 is 0 Å². The fourth-order valence-electron chi connectivity index (χ4n) is 1.83. The van der Waals surface area contributed by atoms with Crippen molar-refractivity contribution in [2.24, 2.45) is 0 Å². The maximum Gasteiger partial charge on any atom is 0.416 e. The van der Waals surface area contributed by atoms with E-state index >= 15 is 0 Å². The van der Waals surface area contributed by atoms with E-state index in [1.54, 1.807) is 0 Å². The number of carbonyl (C=O) groups is 1. The molecule has 2 rings (SSSR count). The molecule has 1 atom stereocenters. The summed E-state index contributed by atoms with van der Waals surface area (Å²) in [5.74, 6) is -1.61. The number of aromatic nitrogens is 1. The number of carbonyl (C=O) groups excluding carboxylic acids is 1. The lowest BCUT2D eigenvalue weighted by atomic mass is 9.92. The normalized spacial score (nSPS) is 12.5. The molecule has 1 unspecified atom stereocenters. The predicted octanol–water partition coefficient (Wildman–Crippen LogP) is 3.59. The Labute approximate surface area is 118 Å². The van der Waals surface area contributed by atoms with E-state index in [1.807, 2.05) is 6.07 Å². The van der Waals surface area contributed by atoms with E-state index in [0.717, 1.165) is 24.3 Å². The summed E-state index contributed by atoms with van der Waals surface area (Å²) in [4.78, 5) is 16.0. The quantitative estimate of drug-likeness (QED) is 0.812. The highest BCUT2D eigenvalue weighted by Crippen LogP contribution is 2.30. The van der Waals surface area contributed by atoms with E-state index in [2.05, 4.69) is 4.98 Å². The highest BCUT2D eigenvalue weighted by molar-refractivity contribution is 6.02. The fourth-order valence-corrected chi connectivity index (χ4v) is 1.83. The molecule has 0 radical (unpaired) electrons. The third-order valence-electron chi connectivity index (χ3n) is 2.93. The first kappa shape index (κ1) is 14.7. The molecule has 2 aromatic rings. The van der Waals surface area contributed by atoms with Gasteiger partial charge in [0.15, 0.2) is 5.78 Å². The zero-order valence-electron chi connectivity index (χ0n) is 10.6. The molecule has 0 amide bonds. The summed E-state index contributed by atoms with van der Waals surface area (Å²) in [7, 11) is 0. The zero-order valence-corrected chi connectivity index (χ0v) is 10.6. The molecule has 21 heavy (non-hydrogen) atoms. The second-order valence-corrected chi connectivity index (χ2v) is 4.28. The van der Waals surface area contributed by atoms with Crippen molar-refractivity contribution in [1.29, 1.82) is 5.26 Å². The Balaban J connectivity index is 2.29. The van der Waals surface area contributed by atoms with Gasteiger partial charge in [-0.05, 0) is 29.8 Å². The lowest BCUT2D eigenvalue weighted by molar-refractivity contribution is -0.137. The molecule has 1 heterocycles. The minimum atomic E-state index is -4.46. The summed E-state index contributed by atoms with van der Waals surface area (Å²) in [5, 5.41) is 9.12. The number of halogens is 3. The van der Waals surface area contributed by atoms with Gasteiger partial charge in [-0.1, -0.05) is 12.1 Å². The number of hydrogen-bond acceptors (Lipinski definition) is 3. The fraction of sp³-hybridized carbons (Fsp3) is 0.133. The van der Waals surface area contributed by atoms with Crippen LogP contribution in [0.3, 0.4) is 0 Å². The van der Waals surface area contributed by atoms with Crippen LogP contribution in [0.25, 0.3) is 0 Å². The van der Waals surface area contributed by atoms with Crippen molar-refractivity contribution < 1.29 is 18.0 Å². The standard InChI is InChI=1S/C15H9F3N2O/c16-15(17,18)12-3-1-11(2-4-12)14(21)13(9-19)10-5-7-20-8-6-10/h1-8,13H. The van der Waals surface area contributed by atoms with Crippen molar-refractivity contribution in [3.8, 4) is 6.07 Å². The summed E-state index contributed by atoms with van der Waals surface area (Å²) in [6, 6.07) is 8.72. The van der Waals surface area contributed by atoms with Gasteiger partial charge in [-0.15, -0.1) is 0 Å². The Kier molecular flexibility index (Phi) is 4.03. The summed E-state index contributed by atoms with van der Waals surface area (Å²) in [6.45, 7) is 0. The number of benzene rings is 1. The van der Waals surface area contributed by atoms with Gasteiger partial charge in [0.1, 0.15) is 5.92 Å². The second kappa shape index (κ2) is 5.75. The lowest BCUT2D eigenvalue weighted by Gasteiger charge is -2.10. The number of hydrogen-bond donors (Lipinski definition) is 0. The first-order chi connectivity index (χ1) is 9.93. The molecular formula is C15H9F3N2O. The smallest absolute Gasteiger partial charge is 0.292 e. The van der Waals surface area contributed by atoms with Crippen LogP contribution in [0.4, 0.5) is 13.2 Å². The van der Waals surface area contributed by atoms with Crippen LogP contribution < -0.4 is 0 Å². The van der Waals surface area contributed by atoms with Gasteiger partial charge in [-0.3, -0.25) is 9.78 Å². The van der Waals surface area contributed by atoms with Crippen molar-refractivity contribution in [2.75, 3.05) is 0 Å². The molecule has 0 saturated carbocycles. The maximum absolute atomic E-state index is 12.5. The summed E-state index contributed by atoms with van der Waals surface area (Å²) in [6.07, 6.45) is -1.57. The first-order valence-corrected chi connectivity index (χ1v) is 5.94. The molecule has 0 aliphatic carbocycles. The average Bonchev–Trinajstić information content (AvgIpc) is 2.48. The largest absolute Gasteiger partial charge is 0.416 e. The Bertz CT molecular complexity index is 673. The van der Waals surface area contributed by atoms with E-state index in [-0.39, 0.29) is 5.56 Å². The number of rotatable bonds is 3. The van der Waals surface area contributed by atoms with Crippen molar-refractivity contribution in [3.05, 3.63) is 65.5 Å². The molecule has 0 bridgehead atoms. The van der Waals surface area contributed by atoms with Crippen molar-refractivity contribution in [2.45, 2.75) is 12.1 Å². The Morgan fingerprint density at radius 1 is 1.10 bits per heavy atom. The van der Waals surface area contributed by atoms with Crippen molar-refractivity contribution in [3.63, 3.8) is 0 Å². The Hall–Kier alpha value is -2.68. The van der Waals surface area contributed by atoms with E-state index in [0.29, 0.717) is 5.56 Å². The molecule has 106 valence electrons. The molecule has 0 aliphatic rings. The van der Waals surface area contributed by atoms with Gasteiger partial charge in [0, 0.05) is 18.0 Å². The Morgan fingerprint density at radius 3 is 2.14 bits per heavy atom. The molecule has 1 aromatic carbocycles. The van der Waals surface area contributed by atoms with Gasteiger partial charge in [-0.25, -0.2) is 0 Å². The molecule has 0 spiro atoms. The summed E-state index contributed by atoms with van der Waals surface area (Å²) >= 11 is 0. The zero-order chi connectivity index (χ0) is 15.5. The third-order valence-corrected chi connectivity index (χ3v) is 2.93. The highest BCUT2D eigenvalue weighted by atomic mass is 19.4. The number of nitrogens with zero attached hydrogens (tertiary/aromatic N) is 2. The Morgan fingerprint density at radius 2 is 1.67 bits per heavy atom. The predicted molar refractivity (Wildman–Crippen MR) is 68.4 cm³/mol. The van der Waals surface area contributed by atoms with Gasteiger partial charge in [0.05, 0.1) is 11.6 Å². The molecule has 6 heteroatoms. The maximum atomic E-state index is 12.5. The van der Waals surface area contributed by atoms with E-state index < -0.39 is 23.4 Å². The van der Waals surface area contributed by atoms with Gasteiger partial charge in [0.25, 0.3) is 0 Å². The van der Waals surface area contributed by atoms with Crippen LogP contribution in [-0.2, 0) is 6.18 Å². The monoisotopic (exact) mass is 290 g/mol. The number of Topliss-reactive ketones (excluding diaryl/α,β-unsaturated/α-hetero) is 1.